The lowest BCUT2D eigenvalue weighted by molar-refractivity contribution is 0.224. The van der Waals surface area contributed by atoms with Crippen LogP contribution in [0.5, 0.6) is 5.75 Å². The molecule has 2 heterocycles. The van der Waals surface area contributed by atoms with E-state index in [1.165, 1.54) is 5.56 Å². The third-order valence-corrected chi connectivity index (χ3v) is 3.02. The molecule has 4 heteroatoms. The lowest BCUT2D eigenvalue weighted by Gasteiger charge is -2.10. The zero-order valence-electron chi connectivity index (χ0n) is 10.1. The van der Waals surface area contributed by atoms with Crippen LogP contribution in [0.3, 0.4) is 0 Å². The number of aliphatic hydroxyl groups excluding tert-OH is 1. The van der Waals surface area contributed by atoms with Gasteiger partial charge in [0, 0.05) is 12.1 Å². The summed E-state index contributed by atoms with van der Waals surface area (Å²) in [5.41, 5.74) is 2.67. The minimum absolute atomic E-state index is 0.0734. The second kappa shape index (κ2) is 4.38. The second-order valence-corrected chi connectivity index (χ2v) is 4.44. The molecule has 2 aromatic rings. The summed E-state index contributed by atoms with van der Waals surface area (Å²) < 4.78 is 5.84. The largest absolute Gasteiger partial charge is 0.482 e. The van der Waals surface area contributed by atoms with Gasteiger partial charge in [0.25, 0.3) is 0 Å². The molecule has 18 heavy (non-hydrogen) atoms. The summed E-state index contributed by atoms with van der Waals surface area (Å²) in [4.78, 5) is 8.73. The van der Waals surface area contributed by atoms with Gasteiger partial charge in [-0.05, 0) is 24.6 Å². The molecule has 0 fully saturated rings. The summed E-state index contributed by atoms with van der Waals surface area (Å²) in [5, 5.41) is 9.17. The Morgan fingerprint density at radius 3 is 2.94 bits per heavy atom. The van der Waals surface area contributed by atoms with E-state index in [1.54, 1.807) is 6.07 Å². The third-order valence-electron chi connectivity index (χ3n) is 3.02. The lowest BCUT2D eigenvalue weighted by atomic mass is 10.1. The predicted octanol–water partition coefficient (Wildman–Crippen LogP) is 1.95. The summed E-state index contributed by atoms with van der Waals surface area (Å²) in [7, 11) is 0. The van der Waals surface area contributed by atoms with Gasteiger partial charge in [-0.25, -0.2) is 9.97 Å². The number of fused-ring (bicyclic) bond motifs is 1. The Balaban J connectivity index is 1.92. The van der Waals surface area contributed by atoms with Crippen LogP contribution in [0.1, 0.15) is 28.9 Å². The Kier molecular flexibility index (Phi) is 2.72. The van der Waals surface area contributed by atoms with Gasteiger partial charge in [-0.15, -0.1) is 0 Å². The summed E-state index contributed by atoms with van der Waals surface area (Å²) in [6.45, 7) is 1.82. The van der Waals surface area contributed by atoms with Gasteiger partial charge in [-0.2, -0.15) is 0 Å². The fraction of sp³-hybridized carbons (Fsp3) is 0.286. The number of aromatic nitrogens is 2. The number of para-hydroxylation sites is 1. The molecule has 1 aromatic heterocycles. The van der Waals surface area contributed by atoms with E-state index in [0.717, 1.165) is 17.9 Å². The molecule has 1 atom stereocenters. The van der Waals surface area contributed by atoms with Gasteiger partial charge >= 0.3 is 0 Å². The molecule has 92 valence electrons. The van der Waals surface area contributed by atoms with Crippen molar-refractivity contribution in [2.75, 3.05) is 0 Å². The maximum Gasteiger partial charge on any atom is 0.170 e. The Morgan fingerprint density at radius 1 is 1.33 bits per heavy atom. The molecule has 0 aliphatic carbocycles. The molecule has 0 amide bonds. The number of hydrogen-bond donors (Lipinski definition) is 1. The Labute approximate surface area is 105 Å². The summed E-state index contributed by atoms with van der Waals surface area (Å²) >= 11 is 0. The van der Waals surface area contributed by atoms with Crippen molar-refractivity contribution in [3.8, 4) is 5.75 Å². The van der Waals surface area contributed by atoms with Crippen LogP contribution in [0.4, 0.5) is 0 Å². The number of hydrogen-bond acceptors (Lipinski definition) is 4. The second-order valence-electron chi connectivity index (χ2n) is 4.44. The van der Waals surface area contributed by atoms with Gasteiger partial charge in [0.1, 0.15) is 5.75 Å². The minimum Gasteiger partial charge on any atom is -0.482 e. The van der Waals surface area contributed by atoms with Crippen molar-refractivity contribution in [3.63, 3.8) is 0 Å². The van der Waals surface area contributed by atoms with Gasteiger partial charge in [0.15, 0.2) is 11.9 Å². The lowest BCUT2D eigenvalue weighted by Crippen LogP contribution is -2.11. The van der Waals surface area contributed by atoms with Crippen molar-refractivity contribution in [1.29, 1.82) is 0 Å². The molecule has 4 nitrogen and oxygen atoms in total. The first-order valence-corrected chi connectivity index (χ1v) is 5.96. The molecule has 0 bridgehead atoms. The molecule has 3 rings (SSSR count). The van der Waals surface area contributed by atoms with Crippen molar-refractivity contribution in [2.24, 2.45) is 0 Å². The van der Waals surface area contributed by atoms with Gasteiger partial charge in [-0.3, -0.25) is 0 Å². The highest BCUT2D eigenvalue weighted by atomic mass is 16.5. The van der Waals surface area contributed by atoms with E-state index in [0.29, 0.717) is 11.5 Å². The summed E-state index contributed by atoms with van der Waals surface area (Å²) in [6, 6.07) is 9.75. The Bertz CT molecular complexity index is 559. The number of rotatable bonds is 2. The maximum atomic E-state index is 9.17. The van der Waals surface area contributed by atoms with Gasteiger partial charge in [-0.1, -0.05) is 18.2 Å². The smallest absolute Gasteiger partial charge is 0.170 e. The molecule has 0 radical (unpaired) electrons. The van der Waals surface area contributed by atoms with Crippen LogP contribution in [0, 0.1) is 6.92 Å². The SMILES string of the molecule is Cc1cc(CO)nc(C2Cc3ccccc3O2)n1. The van der Waals surface area contributed by atoms with Crippen LogP contribution in [0.15, 0.2) is 30.3 Å². The van der Waals surface area contributed by atoms with Crippen molar-refractivity contribution >= 4 is 0 Å². The molecule has 0 spiro atoms. The maximum absolute atomic E-state index is 9.17. The van der Waals surface area contributed by atoms with Gasteiger partial charge < -0.3 is 9.84 Å². The zero-order valence-corrected chi connectivity index (χ0v) is 10.1. The number of aliphatic hydroxyl groups is 1. The molecule has 0 saturated carbocycles. The fourth-order valence-electron chi connectivity index (χ4n) is 2.21. The highest BCUT2D eigenvalue weighted by Gasteiger charge is 2.26. The number of ether oxygens (including phenoxy) is 1. The fourth-order valence-corrected chi connectivity index (χ4v) is 2.21. The van der Waals surface area contributed by atoms with E-state index < -0.39 is 0 Å². The highest BCUT2D eigenvalue weighted by Crippen LogP contribution is 2.35. The van der Waals surface area contributed by atoms with Crippen LogP contribution in [-0.2, 0) is 13.0 Å². The van der Waals surface area contributed by atoms with Crippen LogP contribution in [0.2, 0.25) is 0 Å². The van der Waals surface area contributed by atoms with Crippen molar-refractivity contribution in [3.05, 3.63) is 53.1 Å². The minimum atomic E-state index is -0.146. The first-order valence-electron chi connectivity index (χ1n) is 5.96. The van der Waals surface area contributed by atoms with E-state index in [-0.39, 0.29) is 12.7 Å². The Morgan fingerprint density at radius 2 is 2.17 bits per heavy atom. The topological polar surface area (TPSA) is 55.2 Å². The number of nitrogens with zero attached hydrogens (tertiary/aromatic N) is 2. The van der Waals surface area contributed by atoms with Crippen molar-refractivity contribution in [2.45, 2.75) is 26.1 Å². The zero-order chi connectivity index (χ0) is 12.5. The first kappa shape index (κ1) is 11.2. The highest BCUT2D eigenvalue weighted by molar-refractivity contribution is 5.38. The van der Waals surface area contributed by atoms with Gasteiger partial charge in [0.2, 0.25) is 0 Å². The van der Waals surface area contributed by atoms with E-state index >= 15 is 0 Å². The van der Waals surface area contributed by atoms with E-state index in [9.17, 15) is 5.11 Å². The standard InChI is InChI=1S/C14H14N2O2/c1-9-6-11(8-17)16-14(15-9)13-7-10-4-2-3-5-12(10)18-13/h2-6,13,17H,7-8H2,1H3. The quantitative estimate of drug-likeness (QED) is 0.874. The van der Waals surface area contributed by atoms with Crippen LogP contribution >= 0.6 is 0 Å². The molecule has 1 aliphatic heterocycles. The average molecular weight is 242 g/mol. The molecule has 1 N–H and O–H groups in total. The molecular weight excluding hydrogens is 228 g/mol. The number of aryl methyl sites for hydroxylation is 1. The van der Waals surface area contributed by atoms with E-state index in [4.69, 9.17) is 4.74 Å². The third kappa shape index (κ3) is 1.95. The van der Waals surface area contributed by atoms with Gasteiger partial charge in [0.05, 0.1) is 12.3 Å². The van der Waals surface area contributed by atoms with Crippen LogP contribution in [-0.4, -0.2) is 15.1 Å². The monoisotopic (exact) mass is 242 g/mol. The normalized spacial score (nSPS) is 17.3. The van der Waals surface area contributed by atoms with Crippen molar-refractivity contribution in [1.82, 2.24) is 9.97 Å². The van der Waals surface area contributed by atoms with E-state index in [1.807, 2.05) is 25.1 Å². The first-order chi connectivity index (χ1) is 8.76. The number of benzene rings is 1. The van der Waals surface area contributed by atoms with Crippen molar-refractivity contribution < 1.29 is 9.84 Å². The molecule has 1 aromatic carbocycles. The molecule has 1 unspecified atom stereocenters. The Hall–Kier alpha value is -1.94. The van der Waals surface area contributed by atoms with E-state index in [2.05, 4.69) is 16.0 Å². The molecule has 0 saturated heterocycles. The average Bonchev–Trinajstić information content (AvgIpc) is 2.81. The predicted molar refractivity (Wildman–Crippen MR) is 66.2 cm³/mol. The van der Waals surface area contributed by atoms with Crippen LogP contribution in [0.25, 0.3) is 0 Å². The summed E-state index contributed by atoms with van der Waals surface area (Å²) in [6.07, 6.45) is 0.636. The molecular formula is C14H14N2O2. The van der Waals surface area contributed by atoms with Crippen LogP contribution < -0.4 is 4.74 Å². The summed E-state index contributed by atoms with van der Waals surface area (Å²) in [5.74, 6) is 1.55. The molecule has 1 aliphatic rings.